The lowest BCUT2D eigenvalue weighted by Crippen LogP contribution is -2.03. The Kier molecular flexibility index (Phi) is 3.49. The van der Waals surface area contributed by atoms with E-state index in [-0.39, 0.29) is 0 Å². The highest BCUT2D eigenvalue weighted by molar-refractivity contribution is 5.45. The summed E-state index contributed by atoms with van der Waals surface area (Å²) in [5.74, 6) is 1.37. The van der Waals surface area contributed by atoms with Crippen LogP contribution in [0.5, 0.6) is 5.88 Å². The molecule has 0 amide bonds. The van der Waals surface area contributed by atoms with Gasteiger partial charge in [0.05, 0.1) is 19.3 Å². The standard InChI is InChI=1S/C12H14N4O/c1-9-13-5-4-11(16-9)8-15-10-3-6-14-12(7-10)17-2/h3-7H,8H2,1-2H3,(H,14,15). The first-order valence-corrected chi connectivity index (χ1v) is 5.30. The Labute approximate surface area is 99.9 Å². The molecule has 5 heteroatoms. The van der Waals surface area contributed by atoms with Crippen molar-refractivity contribution >= 4 is 5.69 Å². The maximum absolute atomic E-state index is 5.05. The molecule has 5 nitrogen and oxygen atoms in total. The van der Waals surface area contributed by atoms with Gasteiger partial charge in [0.25, 0.3) is 0 Å². The van der Waals surface area contributed by atoms with Gasteiger partial charge in [0.2, 0.25) is 5.88 Å². The van der Waals surface area contributed by atoms with Crippen molar-refractivity contribution in [1.82, 2.24) is 15.0 Å². The van der Waals surface area contributed by atoms with Crippen LogP contribution in [0.2, 0.25) is 0 Å². The van der Waals surface area contributed by atoms with E-state index in [1.165, 1.54) is 0 Å². The van der Waals surface area contributed by atoms with Crippen molar-refractivity contribution in [1.29, 1.82) is 0 Å². The summed E-state index contributed by atoms with van der Waals surface area (Å²) in [7, 11) is 1.60. The van der Waals surface area contributed by atoms with Crippen LogP contribution in [0.1, 0.15) is 11.5 Å². The minimum absolute atomic E-state index is 0.592. The number of aryl methyl sites for hydroxylation is 1. The lowest BCUT2D eigenvalue weighted by molar-refractivity contribution is 0.398. The number of aromatic nitrogens is 3. The van der Waals surface area contributed by atoms with Crippen molar-refractivity contribution in [3.63, 3.8) is 0 Å². The molecule has 17 heavy (non-hydrogen) atoms. The third-order valence-electron chi connectivity index (χ3n) is 2.25. The summed E-state index contributed by atoms with van der Waals surface area (Å²) in [4.78, 5) is 12.4. The zero-order chi connectivity index (χ0) is 12.1. The number of hydrogen-bond donors (Lipinski definition) is 1. The number of pyridine rings is 1. The maximum Gasteiger partial charge on any atom is 0.214 e. The van der Waals surface area contributed by atoms with Gasteiger partial charge in [-0.2, -0.15) is 0 Å². The molecule has 2 aromatic heterocycles. The number of nitrogens with one attached hydrogen (secondary N) is 1. The Morgan fingerprint density at radius 3 is 2.82 bits per heavy atom. The van der Waals surface area contributed by atoms with Crippen LogP contribution in [0, 0.1) is 6.92 Å². The van der Waals surface area contributed by atoms with Crippen LogP contribution < -0.4 is 10.1 Å². The molecule has 0 aliphatic rings. The van der Waals surface area contributed by atoms with Gasteiger partial charge in [0.15, 0.2) is 0 Å². The van der Waals surface area contributed by atoms with Gasteiger partial charge in [-0.25, -0.2) is 15.0 Å². The summed E-state index contributed by atoms with van der Waals surface area (Å²) < 4.78 is 5.05. The van der Waals surface area contributed by atoms with Gasteiger partial charge in [0, 0.05) is 24.1 Å². The number of hydrogen-bond acceptors (Lipinski definition) is 5. The molecule has 0 unspecified atom stereocenters. The quantitative estimate of drug-likeness (QED) is 0.867. The molecule has 2 aromatic rings. The highest BCUT2D eigenvalue weighted by Crippen LogP contribution is 2.13. The summed E-state index contributed by atoms with van der Waals surface area (Å²) in [6, 6.07) is 5.61. The van der Waals surface area contributed by atoms with E-state index in [2.05, 4.69) is 20.3 Å². The normalized spacial score (nSPS) is 10.0. The Bertz CT molecular complexity index is 501. The predicted octanol–water partition coefficient (Wildman–Crippen LogP) is 1.80. The molecule has 0 aliphatic carbocycles. The number of methoxy groups -OCH3 is 1. The topological polar surface area (TPSA) is 59.9 Å². The van der Waals surface area contributed by atoms with Crippen LogP contribution in [-0.4, -0.2) is 22.1 Å². The maximum atomic E-state index is 5.05. The largest absolute Gasteiger partial charge is 0.481 e. The molecule has 0 spiro atoms. The van der Waals surface area contributed by atoms with Crippen LogP contribution in [0.25, 0.3) is 0 Å². The van der Waals surface area contributed by atoms with Crippen molar-refractivity contribution in [2.45, 2.75) is 13.5 Å². The van der Waals surface area contributed by atoms with E-state index in [9.17, 15) is 0 Å². The van der Waals surface area contributed by atoms with E-state index in [1.54, 1.807) is 19.5 Å². The van der Waals surface area contributed by atoms with E-state index >= 15 is 0 Å². The third-order valence-corrected chi connectivity index (χ3v) is 2.25. The zero-order valence-electron chi connectivity index (χ0n) is 9.84. The third kappa shape index (κ3) is 3.14. The number of ether oxygens (including phenoxy) is 1. The molecule has 0 atom stereocenters. The Morgan fingerprint density at radius 2 is 2.06 bits per heavy atom. The fourth-order valence-corrected chi connectivity index (χ4v) is 1.43. The summed E-state index contributed by atoms with van der Waals surface area (Å²) in [6.45, 7) is 2.52. The lowest BCUT2D eigenvalue weighted by atomic mass is 10.3. The molecule has 0 saturated carbocycles. The molecular weight excluding hydrogens is 216 g/mol. The molecule has 0 radical (unpaired) electrons. The first-order valence-electron chi connectivity index (χ1n) is 5.30. The van der Waals surface area contributed by atoms with Crippen LogP contribution in [0.4, 0.5) is 5.69 Å². The highest BCUT2D eigenvalue weighted by Gasteiger charge is 1.98. The summed E-state index contributed by atoms with van der Waals surface area (Å²) in [5, 5.41) is 3.25. The minimum atomic E-state index is 0.592. The highest BCUT2D eigenvalue weighted by atomic mass is 16.5. The molecule has 0 fully saturated rings. The second-order valence-electron chi connectivity index (χ2n) is 3.54. The smallest absolute Gasteiger partial charge is 0.214 e. The first-order chi connectivity index (χ1) is 8.28. The summed E-state index contributed by atoms with van der Waals surface area (Å²) in [5.41, 5.74) is 1.90. The van der Waals surface area contributed by atoms with Crippen LogP contribution >= 0.6 is 0 Å². The van der Waals surface area contributed by atoms with E-state index in [1.807, 2.05) is 25.1 Å². The molecule has 1 N–H and O–H groups in total. The minimum Gasteiger partial charge on any atom is -0.481 e. The van der Waals surface area contributed by atoms with E-state index < -0.39 is 0 Å². The van der Waals surface area contributed by atoms with E-state index in [0.29, 0.717) is 12.4 Å². The van der Waals surface area contributed by atoms with Crippen molar-refractivity contribution in [3.8, 4) is 5.88 Å². The van der Waals surface area contributed by atoms with Crippen molar-refractivity contribution < 1.29 is 4.74 Å². The summed E-state index contributed by atoms with van der Waals surface area (Å²) >= 11 is 0. The Balaban J connectivity index is 2.02. The molecule has 0 aromatic carbocycles. The zero-order valence-corrected chi connectivity index (χ0v) is 9.84. The van der Waals surface area contributed by atoms with Gasteiger partial charge < -0.3 is 10.1 Å². The second kappa shape index (κ2) is 5.25. The van der Waals surface area contributed by atoms with Gasteiger partial charge in [-0.05, 0) is 19.1 Å². The number of anilines is 1. The van der Waals surface area contributed by atoms with Crippen molar-refractivity contribution in [2.24, 2.45) is 0 Å². The van der Waals surface area contributed by atoms with E-state index in [0.717, 1.165) is 17.2 Å². The van der Waals surface area contributed by atoms with Gasteiger partial charge >= 0.3 is 0 Å². The van der Waals surface area contributed by atoms with Crippen LogP contribution in [-0.2, 0) is 6.54 Å². The van der Waals surface area contributed by atoms with Gasteiger partial charge in [-0.1, -0.05) is 0 Å². The molecule has 2 rings (SSSR count). The second-order valence-corrected chi connectivity index (χ2v) is 3.54. The monoisotopic (exact) mass is 230 g/mol. The number of nitrogens with zero attached hydrogens (tertiary/aromatic N) is 3. The van der Waals surface area contributed by atoms with Crippen molar-refractivity contribution in [2.75, 3.05) is 12.4 Å². The van der Waals surface area contributed by atoms with Gasteiger partial charge in [-0.3, -0.25) is 0 Å². The van der Waals surface area contributed by atoms with Crippen LogP contribution in [0.15, 0.2) is 30.6 Å². The average molecular weight is 230 g/mol. The molecule has 0 saturated heterocycles. The van der Waals surface area contributed by atoms with Gasteiger partial charge in [-0.15, -0.1) is 0 Å². The SMILES string of the molecule is COc1cc(NCc2ccnc(C)n2)ccn1. The number of rotatable bonds is 4. The van der Waals surface area contributed by atoms with Crippen molar-refractivity contribution in [3.05, 3.63) is 42.1 Å². The predicted molar refractivity (Wildman–Crippen MR) is 64.9 cm³/mol. The fourth-order valence-electron chi connectivity index (χ4n) is 1.43. The fraction of sp³-hybridized carbons (Fsp3) is 0.250. The molecule has 2 heterocycles. The van der Waals surface area contributed by atoms with Gasteiger partial charge in [0.1, 0.15) is 5.82 Å². The molecule has 0 aliphatic heterocycles. The Morgan fingerprint density at radius 1 is 1.24 bits per heavy atom. The summed E-state index contributed by atoms with van der Waals surface area (Å²) in [6.07, 6.45) is 3.46. The molecule has 0 bridgehead atoms. The first kappa shape index (κ1) is 11.3. The Hall–Kier alpha value is -2.17. The molecular formula is C12H14N4O. The van der Waals surface area contributed by atoms with E-state index in [4.69, 9.17) is 4.74 Å². The molecule has 88 valence electrons. The lowest BCUT2D eigenvalue weighted by Gasteiger charge is -2.07. The average Bonchev–Trinajstić information content (AvgIpc) is 2.37. The van der Waals surface area contributed by atoms with Crippen LogP contribution in [0.3, 0.4) is 0 Å².